The molecule has 1 unspecified atom stereocenters. The fraction of sp³-hybridized carbons (Fsp3) is 0.850. The summed E-state index contributed by atoms with van der Waals surface area (Å²) in [6.07, 6.45) is 23.7. The van der Waals surface area contributed by atoms with E-state index in [1.807, 2.05) is 6.20 Å². The Labute approximate surface area is 138 Å². The maximum atomic E-state index is 4.10. The van der Waals surface area contributed by atoms with Gasteiger partial charge in [-0.05, 0) is 12.3 Å². The van der Waals surface area contributed by atoms with Gasteiger partial charge in [-0.2, -0.15) is 0 Å². The van der Waals surface area contributed by atoms with Gasteiger partial charge in [-0.3, -0.25) is 0 Å². The minimum absolute atomic E-state index is 0.634. The summed E-state index contributed by atoms with van der Waals surface area (Å²) in [5, 5.41) is 0. The number of imidazole rings is 1. The van der Waals surface area contributed by atoms with Gasteiger partial charge in [-0.15, -0.1) is 0 Å². The zero-order chi connectivity index (χ0) is 15.9. The second-order valence-corrected chi connectivity index (χ2v) is 6.94. The van der Waals surface area contributed by atoms with Crippen molar-refractivity contribution in [2.75, 3.05) is 0 Å². The lowest BCUT2D eigenvalue weighted by atomic mass is 9.99. The van der Waals surface area contributed by atoms with Crippen molar-refractivity contribution in [2.24, 2.45) is 0 Å². The van der Waals surface area contributed by atoms with Crippen LogP contribution in [-0.2, 0) is 0 Å². The molecule has 2 heteroatoms. The van der Waals surface area contributed by atoms with Gasteiger partial charge in [-0.25, -0.2) is 4.98 Å². The van der Waals surface area contributed by atoms with Gasteiger partial charge in [0.15, 0.2) is 0 Å². The number of nitrogens with one attached hydrogen (secondary N) is 1. The van der Waals surface area contributed by atoms with Crippen LogP contribution in [0.1, 0.15) is 115 Å². The lowest BCUT2D eigenvalue weighted by molar-refractivity contribution is 0.524. The summed E-state index contributed by atoms with van der Waals surface area (Å²) in [4.78, 5) is 7.32. The van der Waals surface area contributed by atoms with Gasteiger partial charge < -0.3 is 4.98 Å². The summed E-state index contributed by atoms with van der Waals surface area (Å²) in [7, 11) is 0. The van der Waals surface area contributed by atoms with Gasteiger partial charge in [0, 0.05) is 11.9 Å². The Hall–Kier alpha value is -0.790. The van der Waals surface area contributed by atoms with E-state index in [0.29, 0.717) is 5.92 Å². The van der Waals surface area contributed by atoms with E-state index in [0.717, 1.165) is 0 Å². The monoisotopic (exact) mass is 306 g/mol. The van der Waals surface area contributed by atoms with Crippen molar-refractivity contribution < 1.29 is 0 Å². The molecule has 0 aliphatic carbocycles. The van der Waals surface area contributed by atoms with E-state index < -0.39 is 0 Å². The van der Waals surface area contributed by atoms with E-state index in [-0.39, 0.29) is 0 Å². The van der Waals surface area contributed by atoms with Crippen LogP contribution in [0.5, 0.6) is 0 Å². The zero-order valence-electron chi connectivity index (χ0n) is 15.1. The van der Waals surface area contributed by atoms with Gasteiger partial charge in [0.1, 0.15) is 0 Å². The standard InChI is InChI=1S/C20H38N2/c1-3-4-5-6-7-8-9-10-11-12-13-14-15-16-19(2)20-17-21-18-22-20/h17-19H,3-16H2,1-2H3,(H,21,22). The molecule has 1 aromatic heterocycles. The minimum atomic E-state index is 0.634. The van der Waals surface area contributed by atoms with Gasteiger partial charge in [0.05, 0.1) is 6.33 Å². The number of H-pyrrole nitrogens is 1. The SMILES string of the molecule is CCCCCCCCCCCCCCCC(C)c1cnc[nH]1. The molecule has 0 bridgehead atoms. The first kappa shape index (κ1) is 19.3. The third-order valence-electron chi connectivity index (χ3n) is 4.79. The van der Waals surface area contributed by atoms with Crippen LogP contribution in [0, 0.1) is 0 Å². The van der Waals surface area contributed by atoms with Crippen molar-refractivity contribution in [1.29, 1.82) is 0 Å². The number of nitrogens with zero attached hydrogens (tertiary/aromatic N) is 1. The number of hydrogen-bond donors (Lipinski definition) is 1. The molecule has 22 heavy (non-hydrogen) atoms. The number of unbranched alkanes of at least 4 members (excludes halogenated alkanes) is 12. The normalized spacial score (nSPS) is 12.6. The highest BCUT2D eigenvalue weighted by molar-refractivity contribution is 5.01. The molecule has 2 nitrogen and oxygen atoms in total. The Balaban J connectivity index is 1.76. The van der Waals surface area contributed by atoms with E-state index in [1.165, 1.54) is 95.6 Å². The lowest BCUT2D eigenvalue weighted by Crippen LogP contribution is -1.93. The van der Waals surface area contributed by atoms with Crippen LogP contribution in [-0.4, -0.2) is 9.97 Å². The molecule has 1 N–H and O–H groups in total. The first-order valence-electron chi connectivity index (χ1n) is 9.83. The lowest BCUT2D eigenvalue weighted by Gasteiger charge is -2.08. The van der Waals surface area contributed by atoms with Crippen LogP contribution in [0.25, 0.3) is 0 Å². The van der Waals surface area contributed by atoms with E-state index >= 15 is 0 Å². The Morgan fingerprint density at radius 2 is 1.32 bits per heavy atom. The quantitative estimate of drug-likeness (QED) is 0.347. The maximum absolute atomic E-state index is 4.10. The predicted octanol–water partition coefficient (Wildman–Crippen LogP) is 6.99. The summed E-state index contributed by atoms with van der Waals surface area (Å²) in [5.41, 5.74) is 1.29. The molecule has 0 radical (unpaired) electrons. The van der Waals surface area contributed by atoms with E-state index in [9.17, 15) is 0 Å². The summed E-state index contributed by atoms with van der Waals surface area (Å²) >= 11 is 0. The van der Waals surface area contributed by atoms with Crippen molar-refractivity contribution in [2.45, 2.75) is 110 Å². The molecule has 1 heterocycles. The Morgan fingerprint density at radius 3 is 1.77 bits per heavy atom. The zero-order valence-corrected chi connectivity index (χ0v) is 15.1. The molecule has 0 aromatic carbocycles. The summed E-state index contributed by atoms with van der Waals surface area (Å²) in [5.74, 6) is 0.634. The van der Waals surface area contributed by atoms with E-state index in [2.05, 4.69) is 23.8 Å². The van der Waals surface area contributed by atoms with Crippen molar-refractivity contribution in [1.82, 2.24) is 9.97 Å². The molecule has 0 saturated carbocycles. The van der Waals surface area contributed by atoms with Crippen LogP contribution in [0.15, 0.2) is 12.5 Å². The fourth-order valence-corrected chi connectivity index (χ4v) is 3.16. The van der Waals surface area contributed by atoms with Crippen molar-refractivity contribution >= 4 is 0 Å². The molecule has 0 fully saturated rings. The Kier molecular flexibility index (Phi) is 12.1. The summed E-state index contributed by atoms with van der Waals surface area (Å²) in [6, 6.07) is 0. The van der Waals surface area contributed by atoms with Crippen molar-refractivity contribution in [3.8, 4) is 0 Å². The highest BCUT2D eigenvalue weighted by atomic mass is 14.9. The summed E-state index contributed by atoms with van der Waals surface area (Å²) < 4.78 is 0. The van der Waals surface area contributed by atoms with Gasteiger partial charge in [0.2, 0.25) is 0 Å². The van der Waals surface area contributed by atoms with Crippen LogP contribution in [0.3, 0.4) is 0 Å². The molecule has 1 rings (SSSR count). The van der Waals surface area contributed by atoms with E-state index in [4.69, 9.17) is 0 Å². The molecule has 0 spiro atoms. The average molecular weight is 307 g/mol. The van der Waals surface area contributed by atoms with Crippen LogP contribution in [0.2, 0.25) is 0 Å². The maximum Gasteiger partial charge on any atom is 0.0921 e. The van der Waals surface area contributed by atoms with Gasteiger partial charge in [-0.1, -0.05) is 97.3 Å². The molecule has 1 aromatic rings. The van der Waals surface area contributed by atoms with Gasteiger partial charge in [0.25, 0.3) is 0 Å². The molecule has 1 atom stereocenters. The Morgan fingerprint density at radius 1 is 0.818 bits per heavy atom. The molecule has 0 aliphatic rings. The number of hydrogen-bond acceptors (Lipinski definition) is 1. The first-order chi connectivity index (χ1) is 10.8. The van der Waals surface area contributed by atoms with Crippen LogP contribution < -0.4 is 0 Å². The number of rotatable bonds is 15. The topological polar surface area (TPSA) is 28.7 Å². The average Bonchev–Trinajstić information content (AvgIpc) is 3.06. The van der Waals surface area contributed by atoms with Crippen molar-refractivity contribution in [3.63, 3.8) is 0 Å². The fourth-order valence-electron chi connectivity index (χ4n) is 3.16. The second-order valence-electron chi connectivity index (χ2n) is 6.94. The number of aromatic amines is 1. The number of aromatic nitrogens is 2. The smallest absolute Gasteiger partial charge is 0.0921 e. The van der Waals surface area contributed by atoms with E-state index in [1.54, 1.807) is 6.33 Å². The largest absolute Gasteiger partial charge is 0.348 e. The van der Waals surface area contributed by atoms with Crippen LogP contribution in [0.4, 0.5) is 0 Å². The third kappa shape index (κ3) is 10.0. The Bertz CT molecular complexity index is 318. The molecule has 128 valence electrons. The predicted molar refractivity (Wildman–Crippen MR) is 97.3 cm³/mol. The molecule has 0 amide bonds. The summed E-state index contributed by atoms with van der Waals surface area (Å²) in [6.45, 7) is 4.59. The first-order valence-corrected chi connectivity index (χ1v) is 9.83. The molecular weight excluding hydrogens is 268 g/mol. The second kappa shape index (κ2) is 13.8. The highest BCUT2D eigenvalue weighted by Gasteiger charge is 2.05. The molecular formula is C20H38N2. The molecule has 0 saturated heterocycles. The minimum Gasteiger partial charge on any atom is -0.348 e. The van der Waals surface area contributed by atoms with Crippen molar-refractivity contribution in [3.05, 3.63) is 18.2 Å². The molecule has 0 aliphatic heterocycles. The third-order valence-corrected chi connectivity index (χ3v) is 4.79. The highest BCUT2D eigenvalue weighted by Crippen LogP contribution is 2.20. The van der Waals surface area contributed by atoms with Gasteiger partial charge >= 0.3 is 0 Å². The van der Waals surface area contributed by atoms with Crippen LogP contribution >= 0.6 is 0 Å².